The summed E-state index contributed by atoms with van der Waals surface area (Å²) >= 11 is 12.6. The molecule has 3 heterocycles. The Hall–Kier alpha value is -2.57. The number of rotatable bonds is 4. The van der Waals surface area contributed by atoms with Gasteiger partial charge in [-0.1, -0.05) is 54.4 Å². The van der Waals surface area contributed by atoms with Crippen LogP contribution in [-0.4, -0.2) is 35.5 Å². The van der Waals surface area contributed by atoms with Crippen LogP contribution in [0.5, 0.6) is 0 Å². The van der Waals surface area contributed by atoms with Crippen LogP contribution in [0.3, 0.4) is 0 Å². The minimum Gasteiger partial charge on any atom is -0.436 e. The summed E-state index contributed by atoms with van der Waals surface area (Å²) in [6.45, 7) is 2.71. The zero-order valence-electron chi connectivity index (χ0n) is 20.0. The molecule has 36 heavy (non-hydrogen) atoms. The minimum atomic E-state index is -0.852. The van der Waals surface area contributed by atoms with Crippen molar-refractivity contribution in [1.82, 2.24) is 10.2 Å². The number of amides is 3. The van der Waals surface area contributed by atoms with Crippen molar-refractivity contribution in [3.05, 3.63) is 69.7 Å². The Kier molecular flexibility index (Phi) is 5.61. The van der Waals surface area contributed by atoms with E-state index in [9.17, 15) is 14.4 Å². The van der Waals surface area contributed by atoms with Crippen molar-refractivity contribution in [3.8, 4) is 0 Å². The Labute approximate surface area is 220 Å². The number of piperidine rings is 1. The number of carbonyl (C=O) groups is 3. The molecule has 1 saturated carbocycles. The predicted octanol–water partition coefficient (Wildman–Crippen LogP) is 5.88. The second-order valence-electron chi connectivity index (χ2n) is 11.0. The van der Waals surface area contributed by atoms with Crippen LogP contribution in [-0.2, 0) is 14.3 Å². The zero-order chi connectivity index (χ0) is 25.2. The standard InChI is InChI=1S/C28H28Cl2N2O4/c1-27-14-21(17-3-2-4-20(30)13-17)23(16-5-7-19(29)8-6-16)32(25(27)34)12-10-18-9-11-28(18,27)15-22-24(33)31-26(35)36-22/h2-8,13,18,21-23H,9-12,14-15H2,1H3,(H,31,33,35)/t18?,21-,22?,23-,27+,28?/m1/s1. The first-order valence-corrected chi connectivity index (χ1v) is 13.3. The topological polar surface area (TPSA) is 75.7 Å². The molecular formula is C28H28Cl2N2O4. The van der Waals surface area contributed by atoms with E-state index in [1.807, 2.05) is 42.5 Å². The lowest BCUT2D eigenvalue weighted by Gasteiger charge is -2.61. The van der Waals surface area contributed by atoms with Crippen molar-refractivity contribution in [2.45, 2.75) is 57.1 Å². The Morgan fingerprint density at radius 2 is 1.81 bits per heavy atom. The van der Waals surface area contributed by atoms with Crippen molar-refractivity contribution in [3.63, 3.8) is 0 Å². The number of benzene rings is 2. The van der Waals surface area contributed by atoms with E-state index in [0.717, 1.165) is 30.4 Å². The summed E-state index contributed by atoms with van der Waals surface area (Å²) in [5.41, 5.74) is 1.02. The molecule has 1 N–H and O–H groups in total. The van der Waals surface area contributed by atoms with Crippen molar-refractivity contribution in [2.75, 3.05) is 6.54 Å². The van der Waals surface area contributed by atoms with E-state index in [-0.39, 0.29) is 23.8 Å². The number of ether oxygens (including phenoxy) is 1. The van der Waals surface area contributed by atoms with Gasteiger partial charge >= 0.3 is 6.09 Å². The van der Waals surface area contributed by atoms with Crippen molar-refractivity contribution >= 4 is 41.1 Å². The highest BCUT2D eigenvalue weighted by Gasteiger charge is 2.67. The normalized spacial score (nSPS) is 35.4. The summed E-state index contributed by atoms with van der Waals surface area (Å²) < 4.78 is 5.36. The molecular weight excluding hydrogens is 499 g/mol. The SMILES string of the molecule is C[C@@]12C[C@H](c3cccc(Cl)c3)[C@@H](c3ccc(Cl)cc3)N(CCC3CCC31CC1OC(=O)NC1=O)C2=O. The van der Waals surface area contributed by atoms with Crippen LogP contribution >= 0.6 is 23.2 Å². The summed E-state index contributed by atoms with van der Waals surface area (Å²) in [6, 6.07) is 15.5. The highest BCUT2D eigenvalue weighted by Crippen LogP contribution is 2.69. The predicted molar refractivity (Wildman–Crippen MR) is 136 cm³/mol. The Morgan fingerprint density at radius 1 is 1.03 bits per heavy atom. The minimum absolute atomic E-state index is 0.00348. The van der Waals surface area contributed by atoms with E-state index in [1.165, 1.54) is 0 Å². The Morgan fingerprint density at radius 3 is 2.44 bits per heavy atom. The molecule has 6 nitrogen and oxygen atoms in total. The van der Waals surface area contributed by atoms with Crippen LogP contribution in [0.15, 0.2) is 48.5 Å². The van der Waals surface area contributed by atoms with E-state index < -0.39 is 28.9 Å². The first-order valence-electron chi connectivity index (χ1n) is 12.6. The summed E-state index contributed by atoms with van der Waals surface area (Å²) in [5, 5.41) is 3.58. The average Bonchev–Trinajstić information content (AvgIpc) is 3.14. The molecule has 3 unspecified atom stereocenters. The van der Waals surface area contributed by atoms with Crippen LogP contribution < -0.4 is 5.32 Å². The third-order valence-electron chi connectivity index (χ3n) is 9.42. The fourth-order valence-electron chi connectivity index (χ4n) is 7.56. The quantitative estimate of drug-likeness (QED) is 0.539. The third kappa shape index (κ3) is 3.48. The lowest BCUT2D eigenvalue weighted by molar-refractivity contribution is -0.176. The maximum atomic E-state index is 14.4. The highest BCUT2D eigenvalue weighted by atomic mass is 35.5. The van der Waals surface area contributed by atoms with Gasteiger partial charge in [0.05, 0.1) is 11.5 Å². The number of halogens is 2. The van der Waals surface area contributed by atoms with Gasteiger partial charge < -0.3 is 9.64 Å². The van der Waals surface area contributed by atoms with Gasteiger partial charge in [-0.15, -0.1) is 0 Å². The molecule has 4 aliphatic rings. The number of carbonyl (C=O) groups excluding carboxylic acids is 3. The summed E-state index contributed by atoms with van der Waals surface area (Å²) in [4.78, 5) is 40.7. The van der Waals surface area contributed by atoms with Crippen molar-refractivity contribution in [1.29, 1.82) is 0 Å². The molecule has 4 fully saturated rings. The van der Waals surface area contributed by atoms with Gasteiger partial charge in [-0.2, -0.15) is 0 Å². The number of hydrogen-bond donors (Lipinski definition) is 1. The first-order chi connectivity index (χ1) is 17.2. The number of fused-ring (bicyclic) bond motifs is 4. The molecule has 3 saturated heterocycles. The van der Waals surface area contributed by atoms with Crippen LogP contribution in [0, 0.1) is 16.7 Å². The molecule has 3 amide bonds. The van der Waals surface area contributed by atoms with Gasteiger partial charge in [-0.05, 0) is 72.4 Å². The van der Waals surface area contributed by atoms with Crippen molar-refractivity contribution in [2.24, 2.45) is 16.7 Å². The van der Waals surface area contributed by atoms with Crippen LogP contribution in [0.2, 0.25) is 10.0 Å². The van der Waals surface area contributed by atoms with Gasteiger partial charge in [0.25, 0.3) is 5.91 Å². The van der Waals surface area contributed by atoms with Gasteiger partial charge in [0.15, 0.2) is 6.10 Å². The second kappa shape index (κ2) is 8.49. The number of alkyl carbamates (subject to hydrolysis) is 1. The number of imide groups is 1. The molecule has 6 rings (SSSR count). The van der Waals surface area contributed by atoms with Crippen molar-refractivity contribution < 1.29 is 19.1 Å². The number of hydrogen-bond acceptors (Lipinski definition) is 4. The first kappa shape index (κ1) is 23.8. The van der Waals surface area contributed by atoms with Gasteiger partial charge in [-0.25, -0.2) is 4.79 Å². The molecule has 1 aliphatic carbocycles. The largest absolute Gasteiger partial charge is 0.436 e. The molecule has 3 aliphatic heterocycles. The molecule has 6 atom stereocenters. The molecule has 0 aromatic heterocycles. The third-order valence-corrected chi connectivity index (χ3v) is 9.91. The smallest absolute Gasteiger partial charge is 0.414 e. The number of nitrogens with one attached hydrogen (secondary N) is 1. The maximum absolute atomic E-state index is 14.4. The van der Waals surface area contributed by atoms with E-state index in [2.05, 4.69) is 23.2 Å². The summed E-state index contributed by atoms with van der Waals surface area (Å²) in [5.74, 6) is 0.00219. The molecule has 0 spiro atoms. The Bertz CT molecular complexity index is 1250. The molecule has 2 bridgehead atoms. The van der Waals surface area contributed by atoms with Crippen LogP contribution in [0.4, 0.5) is 4.79 Å². The number of cyclic esters (lactones) is 1. The summed E-state index contributed by atoms with van der Waals surface area (Å²) in [6.07, 6.45) is 2.14. The van der Waals surface area contributed by atoms with E-state index in [0.29, 0.717) is 29.4 Å². The van der Waals surface area contributed by atoms with Gasteiger partial charge in [0.1, 0.15) is 0 Å². The second-order valence-corrected chi connectivity index (χ2v) is 11.8. The maximum Gasteiger partial charge on any atom is 0.414 e. The zero-order valence-corrected chi connectivity index (χ0v) is 21.5. The van der Waals surface area contributed by atoms with Gasteiger partial charge in [0, 0.05) is 28.9 Å². The molecule has 2 aromatic rings. The highest BCUT2D eigenvalue weighted by molar-refractivity contribution is 6.30. The van der Waals surface area contributed by atoms with Gasteiger partial charge in [0.2, 0.25) is 5.91 Å². The molecule has 2 aromatic carbocycles. The lowest BCUT2D eigenvalue weighted by atomic mass is 9.43. The van der Waals surface area contributed by atoms with Crippen LogP contribution in [0.1, 0.15) is 62.1 Å². The van der Waals surface area contributed by atoms with E-state index in [1.54, 1.807) is 0 Å². The molecule has 0 radical (unpaired) electrons. The van der Waals surface area contributed by atoms with Crippen LogP contribution in [0.25, 0.3) is 0 Å². The lowest BCUT2D eigenvalue weighted by Crippen LogP contribution is -2.61. The average molecular weight is 527 g/mol. The van der Waals surface area contributed by atoms with E-state index in [4.69, 9.17) is 27.9 Å². The number of nitrogens with zero attached hydrogens (tertiary/aromatic N) is 1. The summed E-state index contributed by atoms with van der Waals surface area (Å²) in [7, 11) is 0. The molecule has 8 heteroatoms. The monoisotopic (exact) mass is 526 g/mol. The van der Waals surface area contributed by atoms with Gasteiger partial charge in [-0.3, -0.25) is 14.9 Å². The fourth-order valence-corrected chi connectivity index (χ4v) is 7.88. The molecule has 188 valence electrons. The van der Waals surface area contributed by atoms with E-state index >= 15 is 0 Å². The fraction of sp³-hybridized carbons (Fsp3) is 0.464. The Balaban J connectivity index is 1.47.